The highest BCUT2D eigenvalue weighted by Crippen LogP contribution is 2.25. The van der Waals surface area contributed by atoms with Crippen LogP contribution in [0.2, 0.25) is 10.0 Å². The first-order valence-electron chi connectivity index (χ1n) is 5.55. The summed E-state index contributed by atoms with van der Waals surface area (Å²) >= 11 is 12.0. The quantitative estimate of drug-likeness (QED) is 0.876. The Hall–Kier alpha value is -1.09. The van der Waals surface area contributed by atoms with E-state index in [0.717, 1.165) is 11.1 Å². The predicted octanol–water partition coefficient (Wildman–Crippen LogP) is 4.42. The van der Waals surface area contributed by atoms with Crippen molar-refractivity contribution in [1.29, 1.82) is 0 Å². The number of nitrogens with one attached hydrogen (secondary N) is 1. The van der Waals surface area contributed by atoms with E-state index >= 15 is 0 Å². The van der Waals surface area contributed by atoms with Gasteiger partial charge in [0.2, 0.25) is 0 Å². The zero-order chi connectivity index (χ0) is 13.0. The molecule has 0 saturated heterocycles. The predicted molar refractivity (Wildman–Crippen MR) is 73.4 cm³/mol. The van der Waals surface area contributed by atoms with Gasteiger partial charge in [0.15, 0.2) is 0 Å². The Balaban J connectivity index is 1.94. The highest BCUT2D eigenvalue weighted by Gasteiger charge is 2.03. The topological polar surface area (TPSA) is 12.0 Å². The van der Waals surface area contributed by atoms with E-state index in [9.17, 15) is 4.39 Å². The number of hydrogen-bond donors (Lipinski definition) is 1. The van der Waals surface area contributed by atoms with Crippen LogP contribution in [0, 0.1) is 5.82 Å². The van der Waals surface area contributed by atoms with Gasteiger partial charge in [-0.1, -0.05) is 47.5 Å². The fourth-order valence-electron chi connectivity index (χ4n) is 1.67. The Labute approximate surface area is 116 Å². The molecule has 0 atom stereocenters. The van der Waals surface area contributed by atoms with Gasteiger partial charge in [-0.2, -0.15) is 0 Å². The molecule has 0 aliphatic carbocycles. The van der Waals surface area contributed by atoms with Crippen molar-refractivity contribution in [1.82, 2.24) is 5.32 Å². The van der Waals surface area contributed by atoms with E-state index in [1.807, 2.05) is 18.2 Å². The standard InChI is InChI=1S/C14H12Cl2FN/c15-13-6-2-4-11(14(13)16)9-18-8-10-3-1-5-12(17)7-10/h1-7,18H,8-9H2. The van der Waals surface area contributed by atoms with E-state index in [-0.39, 0.29) is 5.82 Å². The Bertz CT molecular complexity index is 543. The van der Waals surface area contributed by atoms with Crippen molar-refractivity contribution in [3.8, 4) is 0 Å². The molecule has 2 rings (SSSR count). The van der Waals surface area contributed by atoms with Crippen LogP contribution in [0.1, 0.15) is 11.1 Å². The maximum absolute atomic E-state index is 13.0. The molecule has 0 aromatic heterocycles. The monoisotopic (exact) mass is 283 g/mol. The largest absolute Gasteiger partial charge is 0.309 e. The lowest BCUT2D eigenvalue weighted by molar-refractivity contribution is 0.620. The molecule has 0 aliphatic rings. The first-order valence-corrected chi connectivity index (χ1v) is 6.30. The van der Waals surface area contributed by atoms with Gasteiger partial charge in [-0.25, -0.2) is 4.39 Å². The maximum atomic E-state index is 13.0. The minimum atomic E-state index is -0.227. The maximum Gasteiger partial charge on any atom is 0.123 e. The third kappa shape index (κ3) is 3.45. The van der Waals surface area contributed by atoms with Gasteiger partial charge >= 0.3 is 0 Å². The van der Waals surface area contributed by atoms with Crippen molar-refractivity contribution in [3.63, 3.8) is 0 Å². The molecule has 2 aromatic carbocycles. The summed E-state index contributed by atoms with van der Waals surface area (Å²) in [6.07, 6.45) is 0. The molecule has 1 N–H and O–H groups in total. The number of rotatable bonds is 4. The van der Waals surface area contributed by atoms with Crippen LogP contribution in [-0.2, 0) is 13.1 Å². The Morgan fingerprint density at radius 1 is 1.00 bits per heavy atom. The Morgan fingerprint density at radius 3 is 2.56 bits per heavy atom. The van der Waals surface area contributed by atoms with Crippen molar-refractivity contribution in [2.75, 3.05) is 0 Å². The van der Waals surface area contributed by atoms with Gasteiger partial charge in [0.1, 0.15) is 5.82 Å². The van der Waals surface area contributed by atoms with Gasteiger partial charge in [0.25, 0.3) is 0 Å². The Morgan fingerprint density at radius 2 is 1.78 bits per heavy atom. The van der Waals surface area contributed by atoms with Gasteiger partial charge < -0.3 is 5.32 Å². The fourth-order valence-corrected chi connectivity index (χ4v) is 2.06. The molecule has 18 heavy (non-hydrogen) atoms. The summed E-state index contributed by atoms with van der Waals surface area (Å²) in [6.45, 7) is 1.18. The van der Waals surface area contributed by atoms with E-state index in [1.165, 1.54) is 12.1 Å². The van der Waals surface area contributed by atoms with Crippen molar-refractivity contribution >= 4 is 23.2 Å². The average molecular weight is 284 g/mol. The summed E-state index contributed by atoms with van der Waals surface area (Å²) in [4.78, 5) is 0. The van der Waals surface area contributed by atoms with Gasteiger partial charge in [-0.05, 0) is 29.3 Å². The van der Waals surface area contributed by atoms with Crippen LogP contribution in [-0.4, -0.2) is 0 Å². The van der Waals surface area contributed by atoms with Crippen LogP contribution in [0.4, 0.5) is 4.39 Å². The fraction of sp³-hybridized carbons (Fsp3) is 0.143. The third-order valence-electron chi connectivity index (χ3n) is 2.57. The van der Waals surface area contributed by atoms with Gasteiger partial charge in [-0.3, -0.25) is 0 Å². The molecule has 0 aliphatic heterocycles. The summed E-state index contributed by atoms with van der Waals surface area (Å²) in [5, 5.41) is 4.31. The molecule has 4 heteroatoms. The average Bonchev–Trinajstić information content (AvgIpc) is 2.35. The minimum absolute atomic E-state index is 0.227. The van der Waals surface area contributed by atoms with E-state index in [1.54, 1.807) is 12.1 Å². The molecule has 0 unspecified atom stereocenters. The molecule has 94 valence electrons. The van der Waals surface area contributed by atoms with Gasteiger partial charge in [0, 0.05) is 13.1 Å². The molecule has 0 saturated carbocycles. The van der Waals surface area contributed by atoms with Gasteiger partial charge in [0.05, 0.1) is 10.0 Å². The highest BCUT2D eigenvalue weighted by molar-refractivity contribution is 6.42. The lowest BCUT2D eigenvalue weighted by Crippen LogP contribution is -2.13. The second-order valence-electron chi connectivity index (χ2n) is 3.95. The van der Waals surface area contributed by atoms with Crippen LogP contribution in [0.5, 0.6) is 0 Å². The smallest absolute Gasteiger partial charge is 0.123 e. The third-order valence-corrected chi connectivity index (χ3v) is 3.42. The summed E-state index contributed by atoms with van der Waals surface area (Å²) in [5.41, 5.74) is 1.83. The number of benzene rings is 2. The van der Waals surface area contributed by atoms with Crippen LogP contribution >= 0.6 is 23.2 Å². The van der Waals surface area contributed by atoms with E-state index in [0.29, 0.717) is 23.1 Å². The van der Waals surface area contributed by atoms with E-state index < -0.39 is 0 Å². The second-order valence-corrected chi connectivity index (χ2v) is 4.73. The van der Waals surface area contributed by atoms with Crippen molar-refractivity contribution in [3.05, 3.63) is 69.5 Å². The molecule has 0 fully saturated rings. The molecule has 0 heterocycles. The summed E-state index contributed by atoms with van der Waals surface area (Å²) in [5.74, 6) is -0.227. The van der Waals surface area contributed by atoms with Crippen LogP contribution in [0.25, 0.3) is 0 Å². The van der Waals surface area contributed by atoms with E-state index in [2.05, 4.69) is 5.32 Å². The summed E-state index contributed by atoms with van der Waals surface area (Å²) in [6, 6.07) is 12.0. The van der Waals surface area contributed by atoms with Gasteiger partial charge in [-0.15, -0.1) is 0 Å². The summed E-state index contributed by atoms with van der Waals surface area (Å²) in [7, 11) is 0. The van der Waals surface area contributed by atoms with Crippen molar-refractivity contribution in [2.24, 2.45) is 0 Å². The van der Waals surface area contributed by atoms with E-state index in [4.69, 9.17) is 23.2 Å². The molecule has 0 spiro atoms. The normalized spacial score (nSPS) is 10.6. The Kier molecular flexibility index (Phi) is 4.59. The van der Waals surface area contributed by atoms with Crippen molar-refractivity contribution in [2.45, 2.75) is 13.1 Å². The molecule has 0 radical (unpaired) electrons. The molecular weight excluding hydrogens is 272 g/mol. The second kappa shape index (κ2) is 6.19. The van der Waals surface area contributed by atoms with Crippen LogP contribution in [0.3, 0.4) is 0 Å². The zero-order valence-electron chi connectivity index (χ0n) is 9.59. The zero-order valence-corrected chi connectivity index (χ0v) is 11.1. The molecule has 2 aromatic rings. The number of halogens is 3. The lowest BCUT2D eigenvalue weighted by Gasteiger charge is -2.08. The number of hydrogen-bond acceptors (Lipinski definition) is 1. The summed E-state index contributed by atoms with van der Waals surface area (Å²) < 4.78 is 13.0. The lowest BCUT2D eigenvalue weighted by atomic mass is 10.2. The highest BCUT2D eigenvalue weighted by atomic mass is 35.5. The molecule has 1 nitrogen and oxygen atoms in total. The minimum Gasteiger partial charge on any atom is -0.309 e. The first-order chi connectivity index (χ1) is 8.66. The van der Waals surface area contributed by atoms with Crippen LogP contribution in [0.15, 0.2) is 42.5 Å². The first kappa shape index (κ1) is 13.3. The molecule has 0 bridgehead atoms. The molecular formula is C14H12Cl2FN. The SMILES string of the molecule is Fc1cccc(CNCc2cccc(Cl)c2Cl)c1. The molecule has 0 amide bonds. The van der Waals surface area contributed by atoms with Crippen molar-refractivity contribution < 1.29 is 4.39 Å². The van der Waals surface area contributed by atoms with Crippen LogP contribution < -0.4 is 5.32 Å².